The summed E-state index contributed by atoms with van der Waals surface area (Å²) < 4.78 is 0. The SMILES string of the molecule is Cc1cc(C(C)C)cc(C(=NC(C)CO)C(C)C)c1N. The van der Waals surface area contributed by atoms with Gasteiger partial charge in [-0.05, 0) is 42.9 Å². The van der Waals surface area contributed by atoms with Crippen molar-refractivity contribution in [2.24, 2.45) is 10.9 Å². The summed E-state index contributed by atoms with van der Waals surface area (Å²) in [5.74, 6) is 0.727. The van der Waals surface area contributed by atoms with Crippen molar-refractivity contribution < 1.29 is 5.11 Å². The Morgan fingerprint density at radius 2 is 1.80 bits per heavy atom. The van der Waals surface area contributed by atoms with Gasteiger partial charge in [0.15, 0.2) is 0 Å². The molecule has 3 N–H and O–H groups in total. The van der Waals surface area contributed by atoms with E-state index in [0.717, 1.165) is 22.5 Å². The van der Waals surface area contributed by atoms with Crippen molar-refractivity contribution in [2.45, 2.75) is 53.5 Å². The highest BCUT2D eigenvalue weighted by Gasteiger charge is 2.16. The molecule has 0 bridgehead atoms. The summed E-state index contributed by atoms with van der Waals surface area (Å²) in [6, 6.07) is 4.20. The number of aliphatic hydroxyl groups is 1. The van der Waals surface area contributed by atoms with E-state index in [2.05, 4.69) is 44.8 Å². The molecule has 3 heteroatoms. The van der Waals surface area contributed by atoms with Crippen LogP contribution in [0.3, 0.4) is 0 Å². The Morgan fingerprint density at radius 1 is 1.20 bits per heavy atom. The molecule has 1 atom stereocenters. The zero-order chi connectivity index (χ0) is 15.4. The number of nitrogens with two attached hydrogens (primary N) is 1. The van der Waals surface area contributed by atoms with E-state index in [4.69, 9.17) is 5.73 Å². The minimum Gasteiger partial charge on any atom is -0.398 e. The molecule has 0 aromatic heterocycles. The van der Waals surface area contributed by atoms with E-state index >= 15 is 0 Å². The van der Waals surface area contributed by atoms with Crippen molar-refractivity contribution in [1.82, 2.24) is 0 Å². The van der Waals surface area contributed by atoms with Gasteiger partial charge in [0.1, 0.15) is 0 Å². The first-order valence-electron chi connectivity index (χ1n) is 7.36. The fourth-order valence-electron chi connectivity index (χ4n) is 2.18. The first-order valence-corrected chi connectivity index (χ1v) is 7.36. The third-order valence-corrected chi connectivity index (χ3v) is 3.52. The van der Waals surface area contributed by atoms with Crippen LogP contribution < -0.4 is 5.73 Å². The van der Waals surface area contributed by atoms with E-state index in [-0.39, 0.29) is 18.6 Å². The molecule has 0 aliphatic carbocycles. The second-order valence-corrected chi connectivity index (χ2v) is 6.15. The standard InChI is InChI=1S/C17H28N2O/c1-10(2)14-7-12(5)16(18)15(8-14)17(11(3)4)19-13(6)9-20/h7-8,10-11,13,20H,9,18H2,1-6H3. The molecule has 1 rings (SSSR count). The third kappa shape index (κ3) is 3.83. The highest BCUT2D eigenvalue weighted by Crippen LogP contribution is 2.27. The van der Waals surface area contributed by atoms with Gasteiger partial charge in [-0.2, -0.15) is 0 Å². The fraction of sp³-hybridized carbons (Fsp3) is 0.588. The Labute approximate surface area is 122 Å². The molecule has 20 heavy (non-hydrogen) atoms. The highest BCUT2D eigenvalue weighted by atomic mass is 16.3. The predicted molar refractivity (Wildman–Crippen MR) is 87.6 cm³/mol. The predicted octanol–water partition coefficient (Wildman–Crippen LogP) is 3.53. The molecule has 0 radical (unpaired) electrons. The van der Waals surface area contributed by atoms with Gasteiger partial charge in [0, 0.05) is 17.0 Å². The quantitative estimate of drug-likeness (QED) is 0.638. The minimum absolute atomic E-state index is 0.0545. The van der Waals surface area contributed by atoms with Crippen molar-refractivity contribution in [1.29, 1.82) is 0 Å². The summed E-state index contributed by atoms with van der Waals surface area (Å²) in [6.45, 7) is 12.6. The van der Waals surface area contributed by atoms with Gasteiger partial charge in [-0.1, -0.05) is 33.8 Å². The van der Waals surface area contributed by atoms with E-state index in [1.807, 2.05) is 13.8 Å². The lowest BCUT2D eigenvalue weighted by Gasteiger charge is -2.19. The Morgan fingerprint density at radius 3 is 2.25 bits per heavy atom. The van der Waals surface area contributed by atoms with Crippen LogP contribution in [0.2, 0.25) is 0 Å². The van der Waals surface area contributed by atoms with Crippen LogP contribution in [-0.4, -0.2) is 23.5 Å². The largest absolute Gasteiger partial charge is 0.398 e. The van der Waals surface area contributed by atoms with Crippen LogP contribution in [0.25, 0.3) is 0 Å². The Bertz CT molecular complexity index is 490. The van der Waals surface area contributed by atoms with Crippen LogP contribution in [0.4, 0.5) is 5.69 Å². The van der Waals surface area contributed by atoms with Crippen LogP contribution in [0, 0.1) is 12.8 Å². The molecule has 0 aliphatic heterocycles. The number of benzene rings is 1. The summed E-state index contributed by atoms with van der Waals surface area (Å²) in [4.78, 5) is 4.65. The lowest BCUT2D eigenvalue weighted by atomic mass is 9.91. The van der Waals surface area contributed by atoms with E-state index < -0.39 is 0 Å². The van der Waals surface area contributed by atoms with Gasteiger partial charge < -0.3 is 10.8 Å². The highest BCUT2D eigenvalue weighted by molar-refractivity contribution is 6.06. The molecule has 0 spiro atoms. The number of hydrogen-bond acceptors (Lipinski definition) is 3. The van der Waals surface area contributed by atoms with Crippen LogP contribution in [0.5, 0.6) is 0 Å². The average Bonchev–Trinajstić information content (AvgIpc) is 2.38. The maximum Gasteiger partial charge on any atom is 0.0705 e. The van der Waals surface area contributed by atoms with E-state index in [9.17, 15) is 5.11 Å². The molecule has 3 nitrogen and oxygen atoms in total. The molecule has 1 aromatic rings. The first kappa shape index (κ1) is 16.7. The van der Waals surface area contributed by atoms with Gasteiger partial charge >= 0.3 is 0 Å². The first-order chi connectivity index (χ1) is 9.27. The molecular weight excluding hydrogens is 248 g/mol. The second kappa shape index (κ2) is 6.89. The molecule has 0 aliphatic rings. The van der Waals surface area contributed by atoms with Crippen molar-refractivity contribution >= 4 is 11.4 Å². The van der Waals surface area contributed by atoms with Crippen LogP contribution in [0.15, 0.2) is 17.1 Å². The Balaban J connectivity index is 3.44. The minimum atomic E-state index is -0.102. The number of aliphatic hydroxyl groups excluding tert-OH is 1. The van der Waals surface area contributed by atoms with Crippen LogP contribution in [-0.2, 0) is 0 Å². The number of nitrogens with zero attached hydrogens (tertiary/aromatic N) is 1. The van der Waals surface area contributed by atoms with Gasteiger partial charge in [0.25, 0.3) is 0 Å². The van der Waals surface area contributed by atoms with E-state index in [1.54, 1.807) is 0 Å². The van der Waals surface area contributed by atoms with E-state index in [1.165, 1.54) is 5.56 Å². The number of anilines is 1. The smallest absolute Gasteiger partial charge is 0.0705 e. The number of nitrogen functional groups attached to an aromatic ring is 1. The van der Waals surface area contributed by atoms with Crippen molar-refractivity contribution in [2.75, 3.05) is 12.3 Å². The second-order valence-electron chi connectivity index (χ2n) is 6.15. The topological polar surface area (TPSA) is 58.6 Å². The molecule has 1 aromatic carbocycles. The van der Waals surface area contributed by atoms with Crippen LogP contribution >= 0.6 is 0 Å². The summed E-state index contributed by atoms with van der Waals surface area (Å²) in [6.07, 6.45) is 0. The summed E-state index contributed by atoms with van der Waals surface area (Å²) >= 11 is 0. The molecule has 0 heterocycles. The van der Waals surface area contributed by atoms with E-state index in [0.29, 0.717) is 5.92 Å². The molecule has 0 fully saturated rings. The number of rotatable bonds is 5. The number of hydrogen-bond donors (Lipinski definition) is 2. The van der Waals surface area contributed by atoms with Gasteiger partial charge in [-0.15, -0.1) is 0 Å². The normalized spacial score (nSPS) is 14.2. The molecule has 0 amide bonds. The zero-order valence-electron chi connectivity index (χ0n) is 13.6. The molecule has 112 valence electrons. The summed E-state index contributed by atoms with van der Waals surface area (Å²) in [7, 11) is 0. The number of aryl methyl sites for hydroxylation is 1. The van der Waals surface area contributed by atoms with Crippen LogP contribution in [0.1, 0.15) is 57.2 Å². The Kier molecular flexibility index (Phi) is 5.75. The number of aliphatic imine (C=N–C) groups is 1. The van der Waals surface area contributed by atoms with Gasteiger partial charge in [0.05, 0.1) is 12.6 Å². The lowest BCUT2D eigenvalue weighted by Crippen LogP contribution is -2.18. The van der Waals surface area contributed by atoms with Crippen molar-refractivity contribution in [3.05, 3.63) is 28.8 Å². The summed E-state index contributed by atoms with van der Waals surface area (Å²) in [5, 5.41) is 9.24. The van der Waals surface area contributed by atoms with Gasteiger partial charge in [-0.3, -0.25) is 4.99 Å². The fourth-order valence-corrected chi connectivity index (χ4v) is 2.18. The lowest BCUT2D eigenvalue weighted by molar-refractivity contribution is 0.274. The molecule has 1 unspecified atom stereocenters. The van der Waals surface area contributed by atoms with Crippen molar-refractivity contribution in [3.63, 3.8) is 0 Å². The monoisotopic (exact) mass is 276 g/mol. The van der Waals surface area contributed by atoms with Gasteiger partial charge in [-0.25, -0.2) is 0 Å². The van der Waals surface area contributed by atoms with Crippen molar-refractivity contribution in [3.8, 4) is 0 Å². The Hall–Kier alpha value is -1.35. The zero-order valence-corrected chi connectivity index (χ0v) is 13.6. The molecular formula is C17H28N2O. The third-order valence-electron chi connectivity index (χ3n) is 3.52. The van der Waals surface area contributed by atoms with Gasteiger partial charge in [0.2, 0.25) is 0 Å². The average molecular weight is 276 g/mol. The summed E-state index contributed by atoms with van der Waals surface area (Å²) in [5.41, 5.74) is 11.4. The maximum atomic E-state index is 9.24. The molecule has 0 saturated heterocycles. The maximum absolute atomic E-state index is 9.24. The molecule has 0 saturated carbocycles.